The van der Waals surface area contributed by atoms with Gasteiger partial charge >= 0.3 is 0 Å². The summed E-state index contributed by atoms with van der Waals surface area (Å²) in [6.07, 6.45) is 3.32. The monoisotopic (exact) mass is 223 g/mol. The normalized spacial score (nSPS) is 10.3. The summed E-state index contributed by atoms with van der Waals surface area (Å²) in [5.74, 6) is 0. The van der Waals surface area contributed by atoms with Crippen molar-refractivity contribution >= 4 is 29.2 Å². The molecule has 1 aromatic rings. The summed E-state index contributed by atoms with van der Waals surface area (Å²) < 4.78 is 0. The third kappa shape index (κ3) is 3.90. The van der Waals surface area contributed by atoms with E-state index in [1.54, 1.807) is 12.4 Å². The zero-order valence-corrected chi connectivity index (χ0v) is 9.45. The minimum Gasteiger partial charge on any atom is -0.376 e. The van der Waals surface area contributed by atoms with E-state index >= 15 is 0 Å². The highest BCUT2D eigenvalue weighted by molar-refractivity contribution is 7.80. The zero-order chi connectivity index (χ0) is 11.3. The number of nitrogens with two attached hydrogens (primary N) is 1. The van der Waals surface area contributed by atoms with Crippen molar-refractivity contribution in [2.45, 2.75) is 0 Å². The number of aromatic nitrogens is 1. The predicted octanol–water partition coefficient (Wildman–Crippen LogP) is 0.315. The molecule has 0 radical (unpaired) electrons. The second-order valence-corrected chi connectivity index (χ2v) is 3.51. The molecule has 0 aromatic carbocycles. The van der Waals surface area contributed by atoms with Gasteiger partial charge in [-0.1, -0.05) is 0 Å². The van der Waals surface area contributed by atoms with Crippen molar-refractivity contribution in [1.82, 2.24) is 10.4 Å². The summed E-state index contributed by atoms with van der Waals surface area (Å²) in [4.78, 5) is 6.16. The molecule has 0 saturated carbocycles. The van der Waals surface area contributed by atoms with Crippen LogP contribution in [-0.2, 0) is 0 Å². The second-order valence-electron chi connectivity index (χ2n) is 3.07. The van der Waals surface area contributed by atoms with Crippen LogP contribution in [0, 0.1) is 0 Å². The van der Waals surface area contributed by atoms with Crippen LogP contribution in [-0.4, -0.2) is 30.4 Å². The maximum Gasteiger partial charge on any atom is 0.184 e. The average Bonchev–Trinajstić information content (AvgIpc) is 2.18. The Bertz CT molecular complexity index is 357. The molecule has 0 spiro atoms. The van der Waals surface area contributed by atoms with Gasteiger partial charge in [0.05, 0.1) is 23.8 Å². The highest BCUT2D eigenvalue weighted by Gasteiger charge is 1.94. The van der Waals surface area contributed by atoms with E-state index in [2.05, 4.69) is 27.7 Å². The molecule has 0 aliphatic carbocycles. The third-order valence-electron chi connectivity index (χ3n) is 1.66. The lowest BCUT2D eigenvalue weighted by Gasteiger charge is -2.10. The number of hydrazone groups is 1. The maximum absolute atomic E-state index is 5.20. The highest BCUT2D eigenvalue weighted by Crippen LogP contribution is 2.07. The molecule has 80 valence electrons. The number of hydrogen-bond donors (Lipinski definition) is 2. The Morgan fingerprint density at radius 2 is 2.33 bits per heavy atom. The van der Waals surface area contributed by atoms with Gasteiger partial charge in [0.25, 0.3) is 0 Å². The molecule has 0 atom stereocenters. The Labute approximate surface area is 94.0 Å². The summed E-state index contributed by atoms with van der Waals surface area (Å²) in [7, 11) is 3.92. The molecule has 0 aliphatic rings. The van der Waals surface area contributed by atoms with Gasteiger partial charge in [-0.05, 0) is 24.4 Å². The van der Waals surface area contributed by atoms with Crippen LogP contribution in [0.25, 0.3) is 0 Å². The first-order valence-electron chi connectivity index (χ1n) is 4.31. The van der Waals surface area contributed by atoms with E-state index in [0.717, 1.165) is 11.4 Å². The average molecular weight is 223 g/mol. The van der Waals surface area contributed by atoms with Gasteiger partial charge in [-0.15, -0.1) is 0 Å². The largest absolute Gasteiger partial charge is 0.376 e. The summed E-state index contributed by atoms with van der Waals surface area (Å²) >= 11 is 4.59. The first kappa shape index (κ1) is 11.4. The van der Waals surface area contributed by atoms with Crippen molar-refractivity contribution in [3.63, 3.8) is 0 Å². The van der Waals surface area contributed by atoms with Gasteiger partial charge < -0.3 is 10.6 Å². The summed E-state index contributed by atoms with van der Waals surface area (Å²) in [5.41, 5.74) is 9.44. The molecule has 0 amide bonds. The molecular formula is C9H13N5S. The van der Waals surface area contributed by atoms with Crippen LogP contribution >= 0.6 is 12.2 Å². The van der Waals surface area contributed by atoms with Crippen molar-refractivity contribution < 1.29 is 0 Å². The molecular weight excluding hydrogens is 210 g/mol. The van der Waals surface area contributed by atoms with Gasteiger partial charge in [0.15, 0.2) is 5.11 Å². The van der Waals surface area contributed by atoms with Crippen molar-refractivity contribution in [3.8, 4) is 0 Å². The Hall–Kier alpha value is -1.69. The van der Waals surface area contributed by atoms with Crippen LogP contribution < -0.4 is 16.1 Å². The van der Waals surface area contributed by atoms with E-state index in [1.807, 2.05) is 31.1 Å². The molecule has 3 N–H and O–H groups in total. The number of thiocarbonyl (C=S) groups is 1. The molecule has 1 rings (SSSR count). The lowest BCUT2D eigenvalue weighted by molar-refractivity contribution is 1.04. The van der Waals surface area contributed by atoms with Crippen molar-refractivity contribution in [2.75, 3.05) is 19.0 Å². The molecule has 0 aliphatic heterocycles. The Morgan fingerprint density at radius 3 is 2.80 bits per heavy atom. The lowest BCUT2D eigenvalue weighted by atomic mass is 10.3. The standard InChI is InChI=1S/C9H13N5S/c1-14(2)8-4-3-7(11-6-8)5-12-13-9(10)15/h3-6H,1-2H3,(H3,10,13,15). The predicted molar refractivity (Wildman–Crippen MR) is 66.1 cm³/mol. The highest BCUT2D eigenvalue weighted by atomic mass is 32.1. The first-order chi connectivity index (χ1) is 7.09. The number of pyridine rings is 1. The Balaban J connectivity index is 2.64. The molecule has 0 fully saturated rings. The second kappa shape index (κ2) is 5.26. The quantitative estimate of drug-likeness (QED) is 0.439. The summed E-state index contributed by atoms with van der Waals surface area (Å²) in [6, 6.07) is 3.81. The van der Waals surface area contributed by atoms with Gasteiger partial charge in [-0.25, -0.2) is 0 Å². The van der Waals surface area contributed by atoms with Crippen molar-refractivity contribution in [3.05, 3.63) is 24.0 Å². The van der Waals surface area contributed by atoms with Crippen LogP contribution in [0.2, 0.25) is 0 Å². The number of hydrogen-bond acceptors (Lipinski definition) is 4. The lowest BCUT2D eigenvalue weighted by Crippen LogP contribution is -2.24. The molecule has 0 saturated heterocycles. The smallest absolute Gasteiger partial charge is 0.184 e. The topological polar surface area (TPSA) is 66.5 Å². The van der Waals surface area contributed by atoms with Crippen LogP contribution in [0.1, 0.15) is 5.69 Å². The fourth-order valence-corrected chi connectivity index (χ4v) is 0.953. The van der Waals surface area contributed by atoms with Gasteiger partial charge in [0, 0.05) is 14.1 Å². The number of nitrogens with zero attached hydrogens (tertiary/aromatic N) is 3. The van der Waals surface area contributed by atoms with Crippen LogP contribution in [0.15, 0.2) is 23.4 Å². The number of anilines is 1. The van der Waals surface area contributed by atoms with Gasteiger partial charge in [0.1, 0.15) is 0 Å². The summed E-state index contributed by atoms with van der Waals surface area (Å²) in [5, 5.41) is 3.93. The van der Waals surface area contributed by atoms with Crippen LogP contribution in [0.4, 0.5) is 5.69 Å². The Kier molecular flexibility index (Phi) is 3.99. The fourth-order valence-electron chi connectivity index (χ4n) is 0.900. The van der Waals surface area contributed by atoms with Gasteiger partial charge in [-0.3, -0.25) is 10.4 Å². The molecule has 6 heteroatoms. The molecule has 0 unspecified atom stereocenters. The minimum absolute atomic E-state index is 0.135. The fraction of sp³-hybridized carbons (Fsp3) is 0.222. The van der Waals surface area contributed by atoms with E-state index in [4.69, 9.17) is 5.73 Å². The Morgan fingerprint density at radius 1 is 1.60 bits per heavy atom. The molecule has 0 bridgehead atoms. The molecule has 1 aromatic heterocycles. The maximum atomic E-state index is 5.20. The van der Waals surface area contributed by atoms with Crippen molar-refractivity contribution in [1.29, 1.82) is 0 Å². The van der Waals surface area contributed by atoms with E-state index in [-0.39, 0.29) is 5.11 Å². The molecule has 5 nitrogen and oxygen atoms in total. The zero-order valence-electron chi connectivity index (χ0n) is 8.64. The number of rotatable bonds is 3. The SMILES string of the molecule is CN(C)c1ccc(C=NNC(N)=S)nc1. The van der Waals surface area contributed by atoms with E-state index in [0.29, 0.717) is 0 Å². The summed E-state index contributed by atoms with van der Waals surface area (Å²) in [6.45, 7) is 0. The number of nitrogens with one attached hydrogen (secondary N) is 1. The van der Waals surface area contributed by atoms with E-state index in [1.165, 1.54) is 0 Å². The molecule has 15 heavy (non-hydrogen) atoms. The van der Waals surface area contributed by atoms with Crippen LogP contribution in [0.5, 0.6) is 0 Å². The van der Waals surface area contributed by atoms with Gasteiger partial charge in [-0.2, -0.15) is 5.10 Å². The molecule has 1 heterocycles. The van der Waals surface area contributed by atoms with Crippen LogP contribution in [0.3, 0.4) is 0 Å². The van der Waals surface area contributed by atoms with Gasteiger partial charge in [0.2, 0.25) is 0 Å². The first-order valence-corrected chi connectivity index (χ1v) is 4.72. The van der Waals surface area contributed by atoms with E-state index < -0.39 is 0 Å². The van der Waals surface area contributed by atoms with E-state index in [9.17, 15) is 0 Å². The minimum atomic E-state index is 0.135. The third-order valence-corrected chi connectivity index (χ3v) is 1.75. The van der Waals surface area contributed by atoms with Crippen molar-refractivity contribution in [2.24, 2.45) is 10.8 Å².